The Balaban J connectivity index is 1.57. The molecule has 0 saturated carbocycles. The monoisotopic (exact) mass is 470 g/mol. The minimum absolute atomic E-state index is 0.115. The summed E-state index contributed by atoms with van der Waals surface area (Å²) in [5.74, 6) is 0.585. The predicted octanol–water partition coefficient (Wildman–Crippen LogP) is 3.79. The van der Waals surface area contributed by atoms with Crippen LogP contribution >= 0.6 is 0 Å². The van der Waals surface area contributed by atoms with Gasteiger partial charge in [-0.15, -0.1) is 0 Å². The molecule has 9 nitrogen and oxygen atoms in total. The van der Waals surface area contributed by atoms with Crippen molar-refractivity contribution in [1.29, 1.82) is 0 Å². The van der Waals surface area contributed by atoms with Crippen LogP contribution in [0.3, 0.4) is 0 Å². The first-order chi connectivity index (χ1) is 15.7. The molecule has 3 aromatic rings. The average Bonchev–Trinajstić information content (AvgIpc) is 2.80. The molecule has 10 heteroatoms. The molecule has 172 valence electrons. The molecule has 0 radical (unpaired) electrons. The third kappa shape index (κ3) is 6.97. The van der Waals surface area contributed by atoms with Crippen molar-refractivity contribution in [2.24, 2.45) is 0 Å². The normalized spacial score (nSPS) is 10.7. The summed E-state index contributed by atoms with van der Waals surface area (Å²) in [5.41, 5.74) is 0.895. The molecule has 0 bridgehead atoms. The highest BCUT2D eigenvalue weighted by Gasteiger charge is 2.14. The quantitative estimate of drug-likeness (QED) is 0.457. The van der Waals surface area contributed by atoms with Crippen molar-refractivity contribution < 1.29 is 32.2 Å². The van der Waals surface area contributed by atoms with Crippen molar-refractivity contribution in [3.05, 3.63) is 72.8 Å². The molecule has 0 aliphatic rings. The first-order valence-corrected chi connectivity index (χ1v) is 11.2. The standard InChI is InChI=1S/C23H22N2O7S/c1-16(26)31-15-23(27)24-17-3-7-20(8-4-17)32-21-9-5-18(6-10-21)25-33(28,29)22-13-11-19(30-2)12-14-22/h3-14,25H,15H2,1-2H3,(H,24,27). The number of hydrogen-bond acceptors (Lipinski definition) is 7. The molecule has 3 aromatic carbocycles. The maximum atomic E-state index is 12.5. The van der Waals surface area contributed by atoms with Gasteiger partial charge in [0.1, 0.15) is 17.2 Å². The van der Waals surface area contributed by atoms with Gasteiger partial charge in [-0.05, 0) is 72.8 Å². The van der Waals surface area contributed by atoms with Crippen LogP contribution in [0.2, 0.25) is 0 Å². The molecule has 0 saturated heterocycles. The Morgan fingerprint density at radius 1 is 0.788 bits per heavy atom. The topological polar surface area (TPSA) is 120 Å². The zero-order valence-corrected chi connectivity index (χ0v) is 18.7. The predicted molar refractivity (Wildman–Crippen MR) is 122 cm³/mol. The van der Waals surface area contributed by atoms with E-state index in [2.05, 4.69) is 14.8 Å². The van der Waals surface area contributed by atoms with E-state index < -0.39 is 21.9 Å². The van der Waals surface area contributed by atoms with Crippen molar-refractivity contribution in [3.8, 4) is 17.2 Å². The molecule has 0 atom stereocenters. The van der Waals surface area contributed by atoms with Gasteiger partial charge in [0.15, 0.2) is 6.61 Å². The van der Waals surface area contributed by atoms with E-state index in [0.717, 1.165) is 0 Å². The molecule has 0 spiro atoms. The Labute approximate surface area is 191 Å². The fourth-order valence-electron chi connectivity index (χ4n) is 2.67. The Morgan fingerprint density at radius 2 is 1.30 bits per heavy atom. The number of anilines is 2. The Bertz CT molecular complexity index is 1210. The largest absolute Gasteiger partial charge is 0.497 e. The van der Waals surface area contributed by atoms with Gasteiger partial charge in [-0.3, -0.25) is 14.3 Å². The summed E-state index contributed by atoms with van der Waals surface area (Å²) >= 11 is 0. The zero-order valence-electron chi connectivity index (χ0n) is 17.9. The number of rotatable bonds is 9. The van der Waals surface area contributed by atoms with Crippen LogP contribution in [0.4, 0.5) is 11.4 Å². The number of nitrogens with one attached hydrogen (secondary N) is 2. The van der Waals surface area contributed by atoms with E-state index in [0.29, 0.717) is 28.6 Å². The second-order valence-corrected chi connectivity index (χ2v) is 8.44. The summed E-state index contributed by atoms with van der Waals surface area (Å²) in [6.45, 7) is 0.865. The van der Waals surface area contributed by atoms with Crippen LogP contribution in [-0.2, 0) is 24.3 Å². The van der Waals surface area contributed by atoms with Gasteiger partial charge in [0.2, 0.25) is 0 Å². The van der Waals surface area contributed by atoms with Crippen molar-refractivity contribution >= 4 is 33.3 Å². The summed E-state index contributed by atoms with van der Waals surface area (Å²) in [5, 5.41) is 2.59. The molecular formula is C23H22N2O7S. The molecule has 0 aromatic heterocycles. The number of benzene rings is 3. The summed E-state index contributed by atoms with van der Waals surface area (Å²) < 4.78 is 43.0. The number of hydrogen-bond donors (Lipinski definition) is 2. The molecule has 0 unspecified atom stereocenters. The fraction of sp³-hybridized carbons (Fsp3) is 0.130. The van der Waals surface area contributed by atoms with Gasteiger partial charge in [0.25, 0.3) is 15.9 Å². The first kappa shape index (κ1) is 23.6. The molecular weight excluding hydrogens is 448 g/mol. The van der Waals surface area contributed by atoms with Crippen molar-refractivity contribution in [3.63, 3.8) is 0 Å². The number of ether oxygens (including phenoxy) is 3. The van der Waals surface area contributed by atoms with E-state index in [-0.39, 0.29) is 11.5 Å². The molecule has 2 N–H and O–H groups in total. The van der Waals surface area contributed by atoms with E-state index >= 15 is 0 Å². The minimum atomic E-state index is -3.74. The van der Waals surface area contributed by atoms with E-state index in [1.165, 1.54) is 26.2 Å². The molecule has 0 heterocycles. The summed E-state index contributed by atoms with van der Waals surface area (Å²) in [6.07, 6.45) is 0. The van der Waals surface area contributed by atoms with Gasteiger partial charge in [0.05, 0.1) is 12.0 Å². The Morgan fingerprint density at radius 3 is 1.82 bits per heavy atom. The molecule has 0 aliphatic heterocycles. The third-order valence-electron chi connectivity index (χ3n) is 4.26. The first-order valence-electron chi connectivity index (χ1n) is 9.73. The van der Waals surface area contributed by atoms with Crippen LogP contribution in [0.25, 0.3) is 0 Å². The maximum absolute atomic E-state index is 12.5. The van der Waals surface area contributed by atoms with Crippen molar-refractivity contribution in [2.45, 2.75) is 11.8 Å². The van der Waals surface area contributed by atoms with Crippen LogP contribution in [0.1, 0.15) is 6.92 Å². The van der Waals surface area contributed by atoms with E-state index in [9.17, 15) is 18.0 Å². The molecule has 0 aliphatic carbocycles. The lowest BCUT2D eigenvalue weighted by molar-refractivity contribution is -0.144. The average molecular weight is 471 g/mol. The van der Waals surface area contributed by atoms with Gasteiger partial charge < -0.3 is 19.5 Å². The summed E-state index contributed by atoms with van der Waals surface area (Å²) in [7, 11) is -2.24. The lowest BCUT2D eigenvalue weighted by Gasteiger charge is -2.11. The number of sulfonamides is 1. The van der Waals surface area contributed by atoms with Crippen molar-refractivity contribution in [1.82, 2.24) is 0 Å². The lowest BCUT2D eigenvalue weighted by atomic mass is 10.3. The third-order valence-corrected chi connectivity index (χ3v) is 5.65. The molecule has 0 fully saturated rings. The number of amides is 1. The summed E-state index contributed by atoms with van der Waals surface area (Å²) in [4.78, 5) is 22.5. The van der Waals surface area contributed by atoms with Gasteiger partial charge >= 0.3 is 5.97 Å². The summed E-state index contributed by atoms with van der Waals surface area (Å²) in [6, 6.07) is 19.1. The number of carbonyl (C=O) groups is 2. The van der Waals surface area contributed by atoms with Crippen LogP contribution in [0.5, 0.6) is 17.2 Å². The zero-order chi connectivity index (χ0) is 23.8. The van der Waals surface area contributed by atoms with Crippen LogP contribution < -0.4 is 19.5 Å². The highest BCUT2D eigenvalue weighted by atomic mass is 32.2. The lowest BCUT2D eigenvalue weighted by Crippen LogP contribution is -2.19. The number of carbonyl (C=O) groups excluding carboxylic acids is 2. The molecule has 3 rings (SSSR count). The van der Waals surface area contributed by atoms with Gasteiger partial charge in [0, 0.05) is 18.3 Å². The van der Waals surface area contributed by atoms with E-state index in [1.54, 1.807) is 60.7 Å². The smallest absolute Gasteiger partial charge is 0.303 e. The van der Waals surface area contributed by atoms with Crippen LogP contribution in [0, 0.1) is 0 Å². The highest BCUT2D eigenvalue weighted by Crippen LogP contribution is 2.26. The molecule has 1 amide bonds. The van der Waals surface area contributed by atoms with Crippen LogP contribution in [-0.4, -0.2) is 34.0 Å². The second-order valence-electron chi connectivity index (χ2n) is 6.76. The fourth-order valence-corrected chi connectivity index (χ4v) is 3.73. The SMILES string of the molecule is COc1ccc(S(=O)(=O)Nc2ccc(Oc3ccc(NC(=O)COC(C)=O)cc3)cc2)cc1. The van der Waals surface area contributed by atoms with Gasteiger partial charge in [-0.1, -0.05) is 0 Å². The second kappa shape index (κ2) is 10.5. The van der Waals surface area contributed by atoms with Crippen LogP contribution in [0.15, 0.2) is 77.7 Å². The van der Waals surface area contributed by atoms with E-state index in [1.807, 2.05) is 0 Å². The number of methoxy groups -OCH3 is 1. The number of esters is 1. The van der Waals surface area contributed by atoms with E-state index in [4.69, 9.17) is 9.47 Å². The highest BCUT2D eigenvalue weighted by molar-refractivity contribution is 7.92. The maximum Gasteiger partial charge on any atom is 0.303 e. The van der Waals surface area contributed by atoms with Gasteiger partial charge in [-0.2, -0.15) is 0 Å². The Kier molecular flexibility index (Phi) is 7.52. The Hall–Kier alpha value is -4.05. The van der Waals surface area contributed by atoms with Gasteiger partial charge in [-0.25, -0.2) is 8.42 Å². The van der Waals surface area contributed by atoms with Crippen molar-refractivity contribution in [2.75, 3.05) is 23.8 Å². The minimum Gasteiger partial charge on any atom is -0.497 e. The molecule has 33 heavy (non-hydrogen) atoms.